The van der Waals surface area contributed by atoms with Gasteiger partial charge in [-0.2, -0.15) is 0 Å². The van der Waals surface area contributed by atoms with Gasteiger partial charge in [-0.15, -0.1) is 0 Å². The van der Waals surface area contributed by atoms with Gasteiger partial charge in [0.2, 0.25) is 0 Å². The number of carbonyl (C=O) groups excluding carboxylic acids is 2. The molecule has 0 heterocycles. The number of aryl methyl sites for hydroxylation is 1. The van der Waals surface area contributed by atoms with Crippen LogP contribution in [0.5, 0.6) is 5.75 Å². The van der Waals surface area contributed by atoms with Crippen LogP contribution < -0.4 is 0 Å². The molecule has 0 spiro atoms. The van der Waals surface area contributed by atoms with Gasteiger partial charge in [0.05, 0.1) is 16.6 Å². The number of carbonyl (C=O) groups is 2. The maximum Gasteiger partial charge on any atom is 0.379 e. The zero-order valence-electron chi connectivity index (χ0n) is 9.62. The minimum Gasteiger partial charge on any atom is -0.506 e. The van der Waals surface area contributed by atoms with E-state index in [2.05, 4.69) is 20.7 Å². The highest BCUT2D eigenvalue weighted by molar-refractivity contribution is 9.10. The van der Waals surface area contributed by atoms with E-state index in [1.807, 2.05) is 6.92 Å². The number of halogens is 1. The molecule has 17 heavy (non-hydrogen) atoms. The van der Waals surface area contributed by atoms with Gasteiger partial charge in [0, 0.05) is 0 Å². The largest absolute Gasteiger partial charge is 0.506 e. The summed E-state index contributed by atoms with van der Waals surface area (Å²) < 4.78 is 5.00. The minimum absolute atomic E-state index is 0.0327. The number of hydrogen-bond acceptors (Lipinski definition) is 4. The molecule has 0 bridgehead atoms. The lowest BCUT2D eigenvalue weighted by atomic mass is 10.0. The van der Waals surface area contributed by atoms with E-state index in [1.54, 1.807) is 13.0 Å². The number of esters is 1. The monoisotopic (exact) mass is 300 g/mol. The van der Waals surface area contributed by atoms with Crippen LogP contribution in [0, 0.1) is 0 Å². The van der Waals surface area contributed by atoms with Gasteiger partial charge in [-0.3, -0.25) is 4.79 Å². The lowest BCUT2D eigenvalue weighted by Gasteiger charge is -2.07. The van der Waals surface area contributed by atoms with Crippen LogP contribution in [0.2, 0.25) is 0 Å². The molecule has 0 atom stereocenters. The van der Waals surface area contributed by atoms with Gasteiger partial charge >= 0.3 is 5.97 Å². The molecule has 1 N–H and O–H groups in total. The van der Waals surface area contributed by atoms with E-state index in [1.165, 1.54) is 6.07 Å². The highest BCUT2D eigenvalue weighted by atomic mass is 79.9. The van der Waals surface area contributed by atoms with Crippen LogP contribution in [0.15, 0.2) is 16.6 Å². The molecule has 0 aliphatic rings. The first-order valence-corrected chi connectivity index (χ1v) is 6.03. The fraction of sp³-hybridized carbons (Fsp3) is 0.333. The van der Waals surface area contributed by atoms with Crippen LogP contribution >= 0.6 is 15.9 Å². The van der Waals surface area contributed by atoms with E-state index < -0.39 is 11.8 Å². The average molecular weight is 301 g/mol. The van der Waals surface area contributed by atoms with Crippen LogP contribution in [0.3, 0.4) is 0 Å². The van der Waals surface area contributed by atoms with Crippen LogP contribution in [0.25, 0.3) is 0 Å². The molecule has 1 aromatic carbocycles. The van der Waals surface area contributed by atoms with E-state index in [0.717, 1.165) is 5.56 Å². The number of ketones is 1. The predicted octanol–water partition coefficient (Wildman–Crippen LogP) is 2.46. The van der Waals surface area contributed by atoms with Crippen molar-refractivity contribution in [1.82, 2.24) is 0 Å². The third-order valence-electron chi connectivity index (χ3n) is 2.24. The van der Waals surface area contributed by atoms with Crippen molar-refractivity contribution in [3.8, 4) is 5.75 Å². The lowest BCUT2D eigenvalue weighted by molar-refractivity contribution is -0.137. The van der Waals surface area contributed by atoms with Crippen molar-refractivity contribution >= 4 is 27.7 Å². The molecule has 1 rings (SSSR count). The summed E-state index contributed by atoms with van der Waals surface area (Å²) in [7, 11) is 0. The third kappa shape index (κ3) is 3.06. The zero-order chi connectivity index (χ0) is 13.0. The van der Waals surface area contributed by atoms with Gasteiger partial charge < -0.3 is 9.84 Å². The highest BCUT2D eigenvalue weighted by Crippen LogP contribution is 2.30. The van der Waals surface area contributed by atoms with Crippen molar-refractivity contribution in [1.29, 1.82) is 0 Å². The number of rotatable bonds is 4. The molecule has 0 aliphatic heterocycles. The third-order valence-corrected chi connectivity index (χ3v) is 2.84. The summed E-state index contributed by atoms with van der Waals surface area (Å²) in [4.78, 5) is 23.0. The molecule has 0 radical (unpaired) electrons. The Morgan fingerprint density at radius 1 is 1.35 bits per heavy atom. The summed E-state index contributed by atoms with van der Waals surface area (Å²) in [5.74, 6) is -2.02. The van der Waals surface area contributed by atoms with Crippen molar-refractivity contribution in [2.45, 2.75) is 20.3 Å². The molecular formula is C12H13BrO4. The van der Waals surface area contributed by atoms with E-state index in [-0.39, 0.29) is 17.9 Å². The van der Waals surface area contributed by atoms with Gasteiger partial charge in [-0.05, 0) is 47.0 Å². The Hall–Kier alpha value is -1.36. The second-order valence-electron chi connectivity index (χ2n) is 3.38. The van der Waals surface area contributed by atoms with E-state index in [0.29, 0.717) is 10.9 Å². The minimum atomic E-state index is -0.956. The maximum absolute atomic E-state index is 11.7. The fourth-order valence-corrected chi connectivity index (χ4v) is 1.85. The molecule has 0 saturated heterocycles. The summed E-state index contributed by atoms with van der Waals surface area (Å²) >= 11 is 3.14. The topological polar surface area (TPSA) is 63.6 Å². The average Bonchev–Trinajstić information content (AvgIpc) is 2.31. The van der Waals surface area contributed by atoms with E-state index >= 15 is 0 Å². The summed E-state index contributed by atoms with van der Waals surface area (Å²) in [5.41, 5.74) is 0.817. The molecule has 0 saturated carbocycles. The molecular weight excluding hydrogens is 288 g/mol. The first-order chi connectivity index (χ1) is 8.01. The summed E-state index contributed by atoms with van der Waals surface area (Å²) in [6.45, 7) is 3.65. The van der Waals surface area contributed by atoms with Gasteiger partial charge in [0.25, 0.3) is 5.78 Å². The molecule has 92 valence electrons. The van der Waals surface area contributed by atoms with Crippen LogP contribution in [0.1, 0.15) is 29.8 Å². The Labute approximate surface area is 108 Å². The predicted molar refractivity (Wildman–Crippen MR) is 66.1 cm³/mol. The summed E-state index contributed by atoms with van der Waals surface area (Å²) in [6, 6.07) is 3.20. The Balaban J connectivity index is 3.16. The van der Waals surface area contributed by atoms with Crippen molar-refractivity contribution in [2.24, 2.45) is 0 Å². The highest BCUT2D eigenvalue weighted by Gasteiger charge is 2.22. The Bertz CT molecular complexity index is 454. The van der Waals surface area contributed by atoms with E-state index in [4.69, 9.17) is 0 Å². The maximum atomic E-state index is 11.7. The fourth-order valence-electron chi connectivity index (χ4n) is 1.34. The number of aromatic hydroxyl groups is 1. The molecule has 0 fully saturated rings. The Kier molecular flexibility index (Phi) is 4.69. The van der Waals surface area contributed by atoms with Crippen molar-refractivity contribution in [3.05, 3.63) is 27.7 Å². The normalized spacial score (nSPS) is 10.1. The van der Waals surface area contributed by atoms with Gasteiger partial charge in [0.1, 0.15) is 5.75 Å². The second kappa shape index (κ2) is 5.82. The molecule has 5 heteroatoms. The van der Waals surface area contributed by atoms with Crippen LogP contribution in [0.4, 0.5) is 0 Å². The standard InChI is InChI=1S/C12H13BrO4/c1-3-7-5-8(10(14)9(13)6-7)11(15)12(16)17-4-2/h5-6,14H,3-4H2,1-2H3. The summed E-state index contributed by atoms with van der Waals surface area (Å²) in [6.07, 6.45) is 0.696. The molecule has 1 aromatic rings. The van der Waals surface area contributed by atoms with Gasteiger partial charge in [-0.25, -0.2) is 4.79 Å². The number of benzene rings is 1. The van der Waals surface area contributed by atoms with Gasteiger partial charge in [-0.1, -0.05) is 6.92 Å². The molecule has 0 unspecified atom stereocenters. The smallest absolute Gasteiger partial charge is 0.379 e. The second-order valence-corrected chi connectivity index (χ2v) is 4.23. The molecule has 0 amide bonds. The van der Waals surface area contributed by atoms with Crippen molar-refractivity contribution in [2.75, 3.05) is 6.61 Å². The first-order valence-electron chi connectivity index (χ1n) is 5.24. The van der Waals surface area contributed by atoms with Crippen molar-refractivity contribution < 1.29 is 19.4 Å². The SMILES string of the molecule is CCOC(=O)C(=O)c1cc(CC)cc(Br)c1O. The zero-order valence-corrected chi connectivity index (χ0v) is 11.2. The number of ether oxygens (including phenoxy) is 1. The number of hydrogen-bond donors (Lipinski definition) is 1. The quantitative estimate of drug-likeness (QED) is 0.527. The summed E-state index contributed by atoms with van der Waals surface area (Å²) in [5, 5.41) is 9.73. The van der Waals surface area contributed by atoms with Crippen molar-refractivity contribution in [3.63, 3.8) is 0 Å². The number of phenolic OH excluding ortho intramolecular Hbond substituents is 1. The number of Topliss-reactive ketones (excluding diaryl/α,β-unsaturated/α-hetero) is 1. The first kappa shape index (κ1) is 13.7. The van der Waals surface area contributed by atoms with Crippen LogP contribution in [-0.4, -0.2) is 23.5 Å². The molecule has 0 aromatic heterocycles. The molecule has 4 nitrogen and oxygen atoms in total. The lowest BCUT2D eigenvalue weighted by Crippen LogP contribution is -2.18. The van der Waals surface area contributed by atoms with Crippen LogP contribution in [-0.2, 0) is 16.0 Å². The van der Waals surface area contributed by atoms with Gasteiger partial charge in [0.15, 0.2) is 0 Å². The van der Waals surface area contributed by atoms with E-state index in [9.17, 15) is 14.7 Å². The number of phenols is 1. The molecule has 0 aliphatic carbocycles. The Morgan fingerprint density at radius 2 is 2.00 bits per heavy atom. The Morgan fingerprint density at radius 3 is 2.53 bits per heavy atom.